The molecule has 1 N–H and O–H groups in total. The van der Waals surface area contributed by atoms with Gasteiger partial charge in [0, 0.05) is 35.6 Å². The van der Waals surface area contributed by atoms with Crippen molar-refractivity contribution in [2.45, 2.75) is 32.6 Å². The van der Waals surface area contributed by atoms with Crippen LogP contribution in [0.4, 0.5) is 9.57 Å². The molecule has 0 saturated carbocycles. The fourth-order valence-electron chi connectivity index (χ4n) is 4.50. The number of nitrogens with zero attached hydrogens (tertiary/aromatic N) is 5. The quantitative estimate of drug-likeness (QED) is 0.369. The van der Waals surface area contributed by atoms with Crippen LogP contribution in [-0.4, -0.2) is 50.0 Å². The highest BCUT2D eigenvalue weighted by atomic mass is 32.2. The number of halogens is 1. The topological polar surface area (TPSA) is 58.9 Å². The predicted octanol–water partition coefficient (Wildman–Crippen LogP) is 5.62. The van der Waals surface area contributed by atoms with Crippen molar-refractivity contribution in [2.24, 2.45) is 0 Å². The Morgan fingerprint density at radius 3 is 2.78 bits per heavy atom. The van der Waals surface area contributed by atoms with Gasteiger partial charge in [-0.15, -0.1) is 3.89 Å². The maximum atomic E-state index is 13.3. The molecule has 0 radical (unpaired) electrons. The zero-order chi connectivity index (χ0) is 21.9. The van der Waals surface area contributed by atoms with Crippen LogP contribution in [0.3, 0.4) is 0 Å². The van der Waals surface area contributed by atoms with Gasteiger partial charge in [0.15, 0.2) is 12.3 Å². The lowest BCUT2D eigenvalue weighted by Crippen LogP contribution is -2.31. The number of hydrogen-bond donors (Lipinski definition) is 1. The molecule has 0 spiro atoms. The fourth-order valence-corrected chi connectivity index (χ4v) is 4.87. The zero-order valence-corrected chi connectivity index (χ0v) is 19.0. The van der Waals surface area contributed by atoms with E-state index < -0.39 is 0 Å². The summed E-state index contributed by atoms with van der Waals surface area (Å²) in [4.78, 5) is 16.2. The van der Waals surface area contributed by atoms with E-state index in [2.05, 4.69) is 26.3 Å². The summed E-state index contributed by atoms with van der Waals surface area (Å²) in [6, 6.07) is 9.88. The Kier molecular flexibility index (Phi) is 6.23. The summed E-state index contributed by atoms with van der Waals surface area (Å²) in [5, 5.41) is 4.64. The van der Waals surface area contributed by atoms with Crippen LogP contribution in [0, 0.1) is 6.92 Å². The summed E-state index contributed by atoms with van der Waals surface area (Å²) in [6.45, 7) is 6.29. The summed E-state index contributed by atoms with van der Waals surface area (Å²) < 4.78 is 14.8. The van der Waals surface area contributed by atoms with E-state index in [0.29, 0.717) is 5.82 Å². The van der Waals surface area contributed by atoms with Gasteiger partial charge in [-0.25, -0.2) is 13.9 Å². The van der Waals surface area contributed by atoms with Gasteiger partial charge in [0.05, 0.1) is 22.2 Å². The average molecular weight is 451 g/mol. The van der Waals surface area contributed by atoms with Crippen molar-refractivity contribution in [1.82, 2.24) is 23.8 Å². The van der Waals surface area contributed by atoms with Crippen LogP contribution in [0.1, 0.15) is 31.5 Å². The third kappa shape index (κ3) is 4.29. The van der Waals surface area contributed by atoms with Crippen molar-refractivity contribution in [1.29, 1.82) is 0 Å². The van der Waals surface area contributed by atoms with Crippen molar-refractivity contribution in [3.63, 3.8) is 0 Å². The molecule has 1 saturated heterocycles. The maximum Gasteiger partial charge on any atom is 0.171 e. The van der Waals surface area contributed by atoms with E-state index in [-0.39, 0.29) is 12.3 Å². The highest BCUT2D eigenvalue weighted by Gasteiger charge is 2.13. The Morgan fingerprint density at radius 1 is 1.06 bits per heavy atom. The van der Waals surface area contributed by atoms with Crippen molar-refractivity contribution in [2.75, 3.05) is 31.5 Å². The number of piperidine rings is 1. The second kappa shape index (κ2) is 9.42. The first kappa shape index (κ1) is 21.2. The molecule has 1 aliphatic heterocycles. The fraction of sp³-hybridized carbons (Fsp3) is 0.375. The highest BCUT2D eigenvalue weighted by Crippen LogP contribution is 2.31. The molecule has 1 fully saturated rings. The predicted molar refractivity (Wildman–Crippen MR) is 130 cm³/mol. The van der Waals surface area contributed by atoms with E-state index >= 15 is 0 Å². The van der Waals surface area contributed by atoms with Crippen LogP contribution in [0.2, 0.25) is 0 Å². The third-order valence-corrected chi connectivity index (χ3v) is 6.76. The van der Waals surface area contributed by atoms with Crippen LogP contribution in [0.5, 0.6) is 0 Å². The van der Waals surface area contributed by atoms with Crippen molar-refractivity contribution < 1.29 is 3.89 Å². The van der Waals surface area contributed by atoms with Crippen LogP contribution >= 0.6 is 12.3 Å². The number of pyridine rings is 2. The van der Waals surface area contributed by atoms with Crippen LogP contribution in [0.15, 0.2) is 42.7 Å². The second-order valence-corrected chi connectivity index (χ2v) is 8.86. The zero-order valence-electron chi connectivity index (χ0n) is 18.2. The number of likely N-dealkylation sites (tertiary alicyclic amines) is 1. The number of nitrogens with one attached hydrogen (secondary N) is 1. The first-order valence-electron chi connectivity index (χ1n) is 11.2. The van der Waals surface area contributed by atoms with Gasteiger partial charge in [-0.1, -0.05) is 12.5 Å². The lowest BCUT2D eigenvalue weighted by Gasteiger charge is -2.26. The maximum absolute atomic E-state index is 13.3. The van der Waals surface area contributed by atoms with Gasteiger partial charge in [0.2, 0.25) is 0 Å². The summed E-state index contributed by atoms with van der Waals surface area (Å²) in [7, 11) is 0. The number of fused-ring (bicyclic) bond motifs is 2. The molecule has 0 bridgehead atoms. The van der Waals surface area contributed by atoms with E-state index in [1.54, 1.807) is 13.1 Å². The minimum atomic E-state index is 0.177. The Bertz CT molecular complexity index is 1230. The summed E-state index contributed by atoms with van der Waals surface area (Å²) in [5.74, 6) is 0.637. The summed E-state index contributed by atoms with van der Waals surface area (Å²) in [6.07, 6.45) is 8.75. The smallest absolute Gasteiger partial charge is 0.171 e. The molecule has 32 heavy (non-hydrogen) atoms. The molecule has 0 atom stereocenters. The van der Waals surface area contributed by atoms with Gasteiger partial charge in [-0.2, -0.15) is 0 Å². The lowest BCUT2D eigenvalue weighted by molar-refractivity contribution is 0.228. The van der Waals surface area contributed by atoms with Gasteiger partial charge < -0.3 is 10.2 Å². The van der Waals surface area contributed by atoms with E-state index in [1.165, 1.54) is 36.3 Å². The highest BCUT2D eigenvalue weighted by molar-refractivity contribution is 7.92. The van der Waals surface area contributed by atoms with E-state index in [1.807, 2.05) is 30.5 Å². The van der Waals surface area contributed by atoms with E-state index in [4.69, 9.17) is 4.98 Å². The Hall–Kier alpha value is -2.71. The molecule has 8 heteroatoms. The van der Waals surface area contributed by atoms with Gasteiger partial charge in [0.1, 0.15) is 5.82 Å². The molecule has 166 valence electrons. The van der Waals surface area contributed by atoms with Crippen molar-refractivity contribution in [3.8, 4) is 11.3 Å². The molecule has 1 aliphatic rings. The number of benzene rings is 1. The molecule has 4 aromatic rings. The van der Waals surface area contributed by atoms with E-state index in [0.717, 1.165) is 58.4 Å². The Balaban J connectivity index is 1.41. The number of imidazole rings is 1. The first-order chi connectivity index (χ1) is 15.7. The molecule has 6 nitrogen and oxygen atoms in total. The number of rotatable bonds is 7. The minimum absolute atomic E-state index is 0.177. The van der Waals surface area contributed by atoms with Crippen molar-refractivity contribution in [3.05, 3.63) is 48.5 Å². The Morgan fingerprint density at radius 2 is 1.94 bits per heavy atom. The molecule has 3 aromatic heterocycles. The lowest BCUT2D eigenvalue weighted by atomic mass is 10.1. The summed E-state index contributed by atoms with van der Waals surface area (Å²) in [5.41, 5.74) is 5.29. The van der Waals surface area contributed by atoms with E-state index in [9.17, 15) is 3.89 Å². The first-order valence-corrected chi connectivity index (χ1v) is 11.9. The number of aromatic nitrogens is 4. The molecular weight excluding hydrogens is 423 g/mol. The Labute approximate surface area is 191 Å². The van der Waals surface area contributed by atoms with Gasteiger partial charge in [-0.05, 0) is 70.1 Å². The van der Waals surface area contributed by atoms with Crippen LogP contribution < -0.4 is 5.32 Å². The minimum Gasteiger partial charge on any atom is -0.384 e. The van der Waals surface area contributed by atoms with Gasteiger partial charge >= 0.3 is 0 Å². The second-order valence-electron chi connectivity index (χ2n) is 8.36. The van der Waals surface area contributed by atoms with Crippen molar-refractivity contribution >= 4 is 40.0 Å². The van der Waals surface area contributed by atoms with Gasteiger partial charge in [0.25, 0.3) is 0 Å². The van der Waals surface area contributed by atoms with Gasteiger partial charge in [-0.3, -0.25) is 4.98 Å². The molecule has 0 aliphatic carbocycles. The average Bonchev–Trinajstić information content (AvgIpc) is 3.16. The molecule has 0 amide bonds. The van der Waals surface area contributed by atoms with Crippen LogP contribution in [-0.2, 0) is 0 Å². The monoisotopic (exact) mass is 450 g/mol. The number of hydrogen-bond acceptors (Lipinski definition) is 6. The normalized spacial score (nSPS) is 14.9. The van der Waals surface area contributed by atoms with Crippen LogP contribution in [0.25, 0.3) is 33.2 Å². The molecular formula is C24H27FN6S. The molecule has 1 aromatic carbocycles. The standard InChI is InChI=1S/C24H27FN6S/c1-17-28-23-14-18(6-7-24(23)31(17)32-25)21-15-22(19-16-26-10-8-20(19)29-21)27-9-5-13-30-11-3-2-4-12-30/h6-8,10,14-16H,2-5,9,11-13H2,1H3,(H,27,29). The largest absolute Gasteiger partial charge is 0.384 e. The SMILES string of the molecule is Cc1nc2cc(-c3cc(NCCCN4CCCCC4)c4cnccc4n3)ccc2n1SF. The summed E-state index contributed by atoms with van der Waals surface area (Å²) >= 11 is 0.177. The molecule has 4 heterocycles. The molecule has 0 unspecified atom stereocenters. The number of anilines is 1. The molecule has 5 rings (SSSR count). The third-order valence-electron chi connectivity index (χ3n) is 6.16. The number of aryl methyl sites for hydroxylation is 1.